The van der Waals surface area contributed by atoms with Crippen LogP contribution in [0, 0.1) is 11.3 Å². The van der Waals surface area contributed by atoms with Gasteiger partial charge in [0.25, 0.3) is 0 Å². The molecule has 0 aliphatic heterocycles. The third kappa shape index (κ3) is 1.95. The van der Waals surface area contributed by atoms with Gasteiger partial charge in [0.15, 0.2) is 5.56 Å². The molecule has 2 aromatic carbocycles. The van der Waals surface area contributed by atoms with Crippen LogP contribution < -0.4 is 9.47 Å². The SMILES string of the molecule is COc1ccc2ccc(OC)c(C#[N+][O-])c2c1Br. The van der Waals surface area contributed by atoms with Gasteiger partial charge in [0.1, 0.15) is 11.5 Å². The van der Waals surface area contributed by atoms with Gasteiger partial charge in [-0.3, -0.25) is 0 Å². The number of halogens is 1. The van der Waals surface area contributed by atoms with Gasteiger partial charge in [-0.05, 0) is 33.4 Å². The van der Waals surface area contributed by atoms with Crippen molar-refractivity contribution in [2.45, 2.75) is 0 Å². The fourth-order valence-corrected chi connectivity index (χ4v) is 2.54. The van der Waals surface area contributed by atoms with E-state index >= 15 is 0 Å². The molecule has 2 aromatic rings. The summed E-state index contributed by atoms with van der Waals surface area (Å²) in [6.07, 6.45) is 0. The summed E-state index contributed by atoms with van der Waals surface area (Å²) in [5.41, 5.74) is 0.510. The zero-order valence-electron chi connectivity index (χ0n) is 9.86. The Kier molecular flexibility index (Phi) is 3.58. The number of nitrogens with zero attached hydrogens (tertiary/aromatic N) is 1. The minimum atomic E-state index is 0.510. The molecule has 0 unspecified atom stereocenters. The van der Waals surface area contributed by atoms with Crippen LogP contribution in [0.1, 0.15) is 5.56 Å². The molecule has 5 heteroatoms. The highest BCUT2D eigenvalue weighted by Crippen LogP contribution is 2.38. The van der Waals surface area contributed by atoms with Crippen molar-refractivity contribution in [1.29, 1.82) is 0 Å². The van der Waals surface area contributed by atoms with Crippen molar-refractivity contribution in [3.8, 4) is 17.6 Å². The Balaban J connectivity index is 2.91. The summed E-state index contributed by atoms with van der Waals surface area (Å²) in [6.45, 7) is 0. The van der Waals surface area contributed by atoms with Gasteiger partial charge in [-0.2, -0.15) is 0 Å². The molecular weight excluding hydrogens is 298 g/mol. The van der Waals surface area contributed by atoms with Gasteiger partial charge in [0, 0.05) is 10.4 Å². The van der Waals surface area contributed by atoms with E-state index in [4.69, 9.17) is 9.47 Å². The zero-order chi connectivity index (χ0) is 13.1. The van der Waals surface area contributed by atoms with Gasteiger partial charge >= 0.3 is 6.07 Å². The third-order valence-corrected chi connectivity index (χ3v) is 3.43. The first-order valence-electron chi connectivity index (χ1n) is 5.14. The van der Waals surface area contributed by atoms with E-state index in [2.05, 4.69) is 27.0 Å². The summed E-state index contributed by atoms with van der Waals surface area (Å²) in [7, 11) is 3.11. The molecule has 0 aliphatic carbocycles. The predicted octanol–water partition coefficient (Wildman–Crippen LogP) is 3.80. The number of hydrogen-bond donors (Lipinski definition) is 0. The first-order valence-corrected chi connectivity index (χ1v) is 5.93. The lowest BCUT2D eigenvalue weighted by Crippen LogP contribution is -1.92. The largest absolute Gasteiger partial charge is 0.498 e. The van der Waals surface area contributed by atoms with E-state index in [-0.39, 0.29) is 0 Å². The van der Waals surface area contributed by atoms with Crippen molar-refractivity contribution in [3.63, 3.8) is 0 Å². The van der Waals surface area contributed by atoms with E-state index in [9.17, 15) is 5.21 Å². The van der Waals surface area contributed by atoms with Gasteiger partial charge in [-0.25, -0.2) is 0 Å². The van der Waals surface area contributed by atoms with Crippen molar-refractivity contribution < 1.29 is 9.47 Å². The quantitative estimate of drug-likeness (QED) is 0.793. The lowest BCUT2D eigenvalue weighted by Gasteiger charge is -2.09. The number of benzene rings is 2. The fourth-order valence-electron chi connectivity index (χ4n) is 1.82. The van der Waals surface area contributed by atoms with Gasteiger partial charge < -0.3 is 14.7 Å². The van der Waals surface area contributed by atoms with Gasteiger partial charge in [-0.1, -0.05) is 12.1 Å². The summed E-state index contributed by atoms with van der Waals surface area (Å²) in [6, 6.07) is 9.83. The molecule has 0 heterocycles. The summed E-state index contributed by atoms with van der Waals surface area (Å²) in [4.78, 5) is 0. The molecule has 0 amide bonds. The Morgan fingerprint density at radius 2 is 1.72 bits per heavy atom. The van der Waals surface area contributed by atoms with E-state index in [1.54, 1.807) is 13.2 Å². The zero-order valence-corrected chi connectivity index (χ0v) is 11.4. The fraction of sp³-hybridized carbons (Fsp3) is 0.154. The minimum Gasteiger partial charge on any atom is -0.498 e. The number of fused-ring (bicyclic) bond motifs is 1. The number of methoxy groups -OCH3 is 2. The maximum Gasteiger partial charge on any atom is 0.341 e. The summed E-state index contributed by atoms with van der Waals surface area (Å²) >= 11 is 3.46. The number of rotatable bonds is 2. The molecule has 0 saturated heterocycles. The van der Waals surface area contributed by atoms with Crippen LogP contribution in [-0.2, 0) is 0 Å². The summed E-state index contributed by atoms with van der Waals surface area (Å²) < 4.78 is 11.2. The van der Waals surface area contributed by atoms with Gasteiger partial charge in [0.2, 0.25) is 0 Å². The van der Waals surface area contributed by atoms with Crippen LogP contribution in [0.15, 0.2) is 28.7 Å². The molecule has 0 fully saturated rings. The van der Waals surface area contributed by atoms with Crippen LogP contribution in [0.5, 0.6) is 11.5 Å². The molecule has 0 aliphatic rings. The Hall–Kier alpha value is -1.93. The Morgan fingerprint density at radius 1 is 1.11 bits per heavy atom. The van der Waals surface area contributed by atoms with Crippen molar-refractivity contribution >= 4 is 26.7 Å². The monoisotopic (exact) mass is 307 g/mol. The third-order valence-electron chi connectivity index (χ3n) is 2.65. The Bertz CT molecular complexity index is 653. The number of ether oxygens (including phenoxy) is 2. The summed E-state index contributed by atoms with van der Waals surface area (Å²) in [5, 5.41) is 14.9. The topological polar surface area (TPSA) is 45.9 Å². The van der Waals surface area contributed by atoms with E-state index in [0.29, 0.717) is 17.1 Å². The van der Waals surface area contributed by atoms with E-state index < -0.39 is 0 Å². The molecule has 0 saturated carbocycles. The van der Waals surface area contributed by atoms with Crippen LogP contribution in [0.2, 0.25) is 0 Å². The van der Waals surface area contributed by atoms with Crippen LogP contribution in [0.4, 0.5) is 0 Å². The normalized spacial score (nSPS) is 9.72. The molecular formula is C13H10BrNO3. The van der Waals surface area contributed by atoms with Crippen LogP contribution in [0.25, 0.3) is 15.8 Å². The number of hydrogen-bond acceptors (Lipinski definition) is 3. The summed E-state index contributed by atoms with van der Waals surface area (Å²) in [5.74, 6) is 1.21. The van der Waals surface area contributed by atoms with Crippen molar-refractivity contribution in [1.82, 2.24) is 0 Å². The predicted molar refractivity (Wildman–Crippen MR) is 74.5 cm³/mol. The Morgan fingerprint density at radius 3 is 2.28 bits per heavy atom. The minimum absolute atomic E-state index is 0.510. The average molecular weight is 308 g/mol. The van der Waals surface area contributed by atoms with E-state index in [1.165, 1.54) is 7.11 Å². The van der Waals surface area contributed by atoms with Crippen LogP contribution >= 0.6 is 15.9 Å². The van der Waals surface area contributed by atoms with Gasteiger partial charge in [-0.15, -0.1) is 0 Å². The second-order valence-electron chi connectivity index (χ2n) is 3.53. The molecule has 92 valence electrons. The smallest absolute Gasteiger partial charge is 0.341 e. The molecule has 0 radical (unpaired) electrons. The van der Waals surface area contributed by atoms with Crippen LogP contribution in [0.3, 0.4) is 0 Å². The first kappa shape index (κ1) is 12.5. The molecule has 0 atom stereocenters. The second-order valence-corrected chi connectivity index (χ2v) is 4.32. The highest BCUT2D eigenvalue weighted by atomic mass is 79.9. The van der Waals surface area contributed by atoms with Crippen molar-refractivity contribution in [2.24, 2.45) is 0 Å². The standard InChI is InChI=1S/C13H10BrNO3/c1-17-10-5-3-8-4-6-11(18-2)13(14)12(8)9(10)7-15-16/h3-6H,1-2H3. The second kappa shape index (κ2) is 5.15. The van der Waals surface area contributed by atoms with Crippen LogP contribution in [-0.4, -0.2) is 14.2 Å². The highest BCUT2D eigenvalue weighted by molar-refractivity contribution is 9.10. The highest BCUT2D eigenvalue weighted by Gasteiger charge is 2.16. The van der Waals surface area contributed by atoms with E-state index in [1.807, 2.05) is 18.2 Å². The van der Waals surface area contributed by atoms with Gasteiger partial charge in [0.05, 0.1) is 18.7 Å². The van der Waals surface area contributed by atoms with Crippen molar-refractivity contribution in [2.75, 3.05) is 14.2 Å². The lowest BCUT2D eigenvalue weighted by molar-refractivity contribution is 0.411. The molecule has 0 aromatic heterocycles. The average Bonchev–Trinajstić information content (AvgIpc) is 2.39. The first-order chi connectivity index (χ1) is 8.72. The molecule has 4 nitrogen and oxygen atoms in total. The lowest BCUT2D eigenvalue weighted by atomic mass is 10.0. The maximum atomic E-state index is 10.5. The molecule has 0 spiro atoms. The maximum absolute atomic E-state index is 10.5. The van der Waals surface area contributed by atoms with Crippen molar-refractivity contribution in [3.05, 3.63) is 44.5 Å². The molecule has 18 heavy (non-hydrogen) atoms. The molecule has 0 N–H and O–H groups in total. The Labute approximate surface area is 113 Å². The molecule has 2 rings (SSSR count). The van der Waals surface area contributed by atoms with E-state index in [0.717, 1.165) is 15.2 Å². The molecule has 0 bridgehead atoms.